The molecule has 0 bridgehead atoms. The molecule has 146 valence electrons. The van der Waals surface area contributed by atoms with Gasteiger partial charge in [0, 0.05) is 22.8 Å². The number of ether oxygens (including phenoxy) is 1. The summed E-state index contributed by atoms with van der Waals surface area (Å²) in [6.45, 7) is 6.87. The van der Waals surface area contributed by atoms with Crippen LogP contribution in [0.5, 0.6) is 11.5 Å². The molecule has 1 N–H and O–H groups in total. The highest BCUT2D eigenvalue weighted by molar-refractivity contribution is 5.62. The van der Waals surface area contributed by atoms with E-state index in [9.17, 15) is 35.8 Å². The molecule has 0 aliphatic heterocycles. The van der Waals surface area contributed by atoms with Crippen LogP contribution in [0.1, 0.15) is 22.9 Å². The van der Waals surface area contributed by atoms with E-state index >= 15 is 0 Å². The van der Waals surface area contributed by atoms with Crippen molar-refractivity contribution >= 4 is 5.69 Å². The minimum absolute atomic E-state index is 0.206. The van der Waals surface area contributed by atoms with Crippen LogP contribution in [-0.2, 0) is 11.5 Å². The lowest BCUT2D eigenvalue weighted by Crippen LogP contribution is -2.53. The van der Waals surface area contributed by atoms with E-state index in [1.165, 1.54) is 0 Å². The quantitative estimate of drug-likeness (QED) is 0.534. The van der Waals surface area contributed by atoms with Crippen molar-refractivity contribution in [1.82, 2.24) is 0 Å². The molecule has 2 aliphatic rings. The molecule has 28 heavy (non-hydrogen) atoms. The van der Waals surface area contributed by atoms with Crippen LogP contribution < -0.4 is 4.74 Å². The largest absolute Gasteiger partial charge is 0.458 e. The van der Waals surface area contributed by atoms with Crippen LogP contribution in [-0.4, -0.2) is 17.2 Å². The molecule has 3 atom stereocenters. The number of hydrogen-bond acceptors (Lipinski definition) is 2. The van der Waals surface area contributed by atoms with E-state index in [4.69, 9.17) is 11.3 Å². The van der Waals surface area contributed by atoms with Crippen LogP contribution in [0, 0.1) is 12.4 Å². The first-order valence-electron chi connectivity index (χ1n) is 7.76. The lowest BCUT2D eigenvalue weighted by atomic mass is 9.93. The second-order valence-electron chi connectivity index (χ2n) is 6.48. The molecule has 2 aromatic carbocycles. The Bertz CT molecular complexity index is 1050. The lowest BCUT2D eigenvalue weighted by molar-refractivity contribution is -0.302. The van der Waals surface area contributed by atoms with Crippen molar-refractivity contribution < 1.29 is 40.6 Å². The van der Waals surface area contributed by atoms with E-state index in [0.29, 0.717) is 12.1 Å². The van der Waals surface area contributed by atoms with E-state index in [1.807, 2.05) is 0 Å². The van der Waals surface area contributed by atoms with E-state index in [1.54, 1.807) is 0 Å². The van der Waals surface area contributed by atoms with Crippen LogP contribution in [0.3, 0.4) is 0 Å². The highest BCUT2D eigenvalue weighted by atomic mass is 19.3. The third kappa shape index (κ3) is 1.97. The van der Waals surface area contributed by atoms with Crippen LogP contribution >= 0.6 is 0 Å². The average Bonchev–Trinajstić information content (AvgIpc) is 2.90. The number of alkyl halides is 6. The fraction of sp³-hybridized carbons (Fsp3) is 0.278. The normalized spacial score (nSPS) is 28.7. The van der Waals surface area contributed by atoms with Gasteiger partial charge in [-0.05, 0) is 24.3 Å². The molecule has 10 heteroatoms. The zero-order valence-electron chi connectivity index (χ0n) is 13.5. The average molecular weight is 403 g/mol. The predicted molar refractivity (Wildman–Crippen MR) is 80.7 cm³/mol. The summed E-state index contributed by atoms with van der Waals surface area (Å²) in [7, 11) is 0. The van der Waals surface area contributed by atoms with E-state index in [-0.39, 0.29) is 11.4 Å². The van der Waals surface area contributed by atoms with Crippen LogP contribution in [0.4, 0.5) is 36.4 Å². The molecule has 2 aliphatic carbocycles. The molecule has 0 aromatic heterocycles. The van der Waals surface area contributed by atoms with Gasteiger partial charge in [0.2, 0.25) is 0 Å². The van der Waals surface area contributed by atoms with E-state index in [0.717, 1.165) is 18.2 Å². The van der Waals surface area contributed by atoms with Crippen molar-refractivity contribution in [2.45, 2.75) is 29.8 Å². The molecule has 0 radical (unpaired) electrons. The fourth-order valence-corrected chi connectivity index (χ4v) is 3.67. The van der Waals surface area contributed by atoms with Gasteiger partial charge in [-0.3, -0.25) is 0 Å². The van der Waals surface area contributed by atoms with Gasteiger partial charge in [0.1, 0.15) is 17.3 Å². The van der Waals surface area contributed by atoms with Gasteiger partial charge >= 0.3 is 11.8 Å². The first-order chi connectivity index (χ1) is 13.0. The summed E-state index contributed by atoms with van der Waals surface area (Å²) < 4.78 is 104. The number of benzene rings is 2. The highest BCUT2D eigenvalue weighted by Crippen LogP contribution is 2.69. The van der Waals surface area contributed by atoms with Crippen LogP contribution in [0.25, 0.3) is 4.85 Å². The van der Waals surface area contributed by atoms with E-state index in [2.05, 4.69) is 4.85 Å². The molecule has 4 rings (SSSR count). The summed E-state index contributed by atoms with van der Waals surface area (Å²) in [6, 6.07) is 3.84. The maximum Gasteiger partial charge on any atom is 0.349 e. The summed E-state index contributed by atoms with van der Waals surface area (Å²) in [5, 5.41) is 10.1. The van der Waals surface area contributed by atoms with Gasteiger partial charge < -0.3 is 9.84 Å². The van der Waals surface area contributed by atoms with E-state index < -0.39 is 58.0 Å². The summed E-state index contributed by atoms with van der Waals surface area (Å²) in [5.41, 5.74) is -7.97. The summed E-state index contributed by atoms with van der Waals surface area (Å²) >= 11 is 0. The smallest absolute Gasteiger partial charge is 0.349 e. The topological polar surface area (TPSA) is 33.8 Å². The predicted octanol–water partition coefficient (Wildman–Crippen LogP) is 5.46. The second kappa shape index (κ2) is 5.38. The Morgan fingerprint density at radius 3 is 2.39 bits per heavy atom. The molecular weight excluding hydrogens is 395 g/mol. The standard InChI is InChI=1S/C18H8F7NO2/c1-26-8-4-7(19)5-9(6-8)28-11-3-2-10-13-12(11)14(20)15(21)16(13,27)18(24,25)17(10,22)23/h2-6,14-15,27H/t14-,15+,16+/m1/s1. The number of rotatable bonds is 2. The number of nitrogens with zero attached hydrogens (tertiary/aromatic N) is 1. The van der Waals surface area contributed by atoms with Gasteiger partial charge in [0.25, 0.3) is 0 Å². The number of aliphatic hydroxyl groups is 1. The first-order valence-corrected chi connectivity index (χ1v) is 7.76. The SMILES string of the molecule is [C-]#[N+]c1cc(F)cc(Oc2ccc3c4c2[C@@H](F)[C@H](F)[C@]4(O)C(F)(F)C3(F)F)c1. The van der Waals surface area contributed by atoms with Crippen molar-refractivity contribution in [3.05, 3.63) is 64.3 Å². The van der Waals surface area contributed by atoms with Gasteiger partial charge in [-0.2, -0.15) is 17.6 Å². The van der Waals surface area contributed by atoms with Crippen LogP contribution in [0.2, 0.25) is 0 Å². The maximum absolute atomic E-state index is 14.5. The van der Waals surface area contributed by atoms with Crippen molar-refractivity contribution in [3.63, 3.8) is 0 Å². The Labute approximate surface area is 152 Å². The van der Waals surface area contributed by atoms with Crippen molar-refractivity contribution in [2.75, 3.05) is 0 Å². The van der Waals surface area contributed by atoms with Crippen molar-refractivity contribution in [3.8, 4) is 11.5 Å². The molecule has 0 heterocycles. The van der Waals surface area contributed by atoms with Crippen molar-refractivity contribution in [2.24, 2.45) is 0 Å². The Kier molecular flexibility index (Phi) is 3.57. The minimum atomic E-state index is -5.30. The van der Waals surface area contributed by atoms with Gasteiger partial charge in [-0.1, -0.05) is 0 Å². The molecule has 0 saturated heterocycles. The summed E-state index contributed by atoms with van der Waals surface area (Å²) in [5.74, 6) is -12.2. The monoisotopic (exact) mass is 403 g/mol. The third-order valence-electron chi connectivity index (χ3n) is 4.94. The molecule has 0 fully saturated rings. The van der Waals surface area contributed by atoms with Crippen molar-refractivity contribution in [1.29, 1.82) is 0 Å². The Hall–Kier alpha value is -2.80. The molecule has 0 saturated carbocycles. The summed E-state index contributed by atoms with van der Waals surface area (Å²) in [4.78, 5) is 2.98. The first kappa shape index (κ1) is 18.6. The second-order valence-corrected chi connectivity index (χ2v) is 6.48. The Balaban J connectivity index is 1.92. The minimum Gasteiger partial charge on any atom is -0.458 e. The highest BCUT2D eigenvalue weighted by Gasteiger charge is 2.82. The van der Waals surface area contributed by atoms with Gasteiger partial charge in [0.15, 0.2) is 23.6 Å². The Morgan fingerprint density at radius 1 is 1.07 bits per heavy atom. The number of hydrogen-bond donors (Lipinski definition) is 1. The van der Waals surface area contributed by atoms with Crippen LogP contribution in [0.15, 0.2) is 30.3 Å². The molecule has 0 unspecified atom stereocenters. The molecule has 0 amide bonds. The number of halogens is 7. The molecule has 3 nitrogen and oxygen atoms in total. The molecule has 2 aromatic rings. The lowest BCUT2D eigenvalue weighted by Gasteiger charge is -2.32. The van der Waals surface area contributed by atoms with Gasteiger partial charge in [-0.15, -0.1) is 0 Å². The molecule has 0 spiro atoms. The zero-order chi connectivity index (χ0) is 20.6. The third-order valence-corrected chi connectivity index (χ3v) is 4.94. The maximum atomic E-state index is 14.5. The molecular formula is C18H8F7NO2. The van der Waals surface area contributed by atoms with Gasteiger partial charge in [0.05, 0.1) is 6.57 Å². The summed E-state index contributed by atoms with van der Waals surface area (Å²) in [6.07, 6.45) is -6.26. The Morgan fingerprint density at radius 2 is 1.75 bits per heavy atom. The zero-order valence-corrected chi connectivity index (χ0v) is 13.5. The fourth-order valence-electron chi connectivity index (χ4n) is 3.67. The van der Waals surface area contributed by atoms with Gasteiger partial charge in [-0.25, -0.2) is 18.0 Å².